The molecule has 0 fully saturated rings. The van der Waals surface area contributed by atoms with Crippen molar-refractivity contribution in [2.24, 2.45) is 0 Å². The molecule has 0 radical (unpaired) electrons. The number of rotatable bonds is 9. The van der Waals surface area contributed by atoms with Crippen molar-refractivity contribution in [3.8, 4) is 0 Å². The van der Waals surface area contributed by atoms with Crippen molar-refractivity contribution in [2.45, 2.75) is 51.4 Å². The number of methoxy groups -OCH3 is 1. The zero-order chi connectivity index (χ0) is 15.1. The average Bonchev–Trinajstić information content (AvgIpc) is 2.30. The molecule has 0 aromatic heterocycles. The Balaban J connectivity index is 5.15. The Bertz CT molecular complexity index is 267. The van der Waals surface area contributed by atoms with Crippen LogP contribution in [0.4, 0.5) is 13.2 Å². The summed E-state index contributed by atoms with van der Waals surface area (Å²) in [4.78, 5) is 11.9. The molecule has 0 aliphatic rings. The highest BCUT2D eigenvalue weighted by Crippen LogP contribution is 2.30. The molecule has 19 heavy (non-hydrogen) atoms. The van der Waals surface area contributed by atoms with Crippen molar-refractivity contribution in [1.29, 1.82) is 0 Å². The highest BCUT2D eigenvalue weighted by Gasteiger charge is 2.46. The molecule has 4 nitrogen and oxygen atoms in total. The number of nitrogens with zero attached hydrogens (tertiary/aromatic N) is 1. The molecule has 7 heteroatoms. The number of carboxylic acids is 1. The van der Waals surface area contributed by atoms with Crippen LogP contribution >= 0.6 is 0 Å². The molecule has 0 aromatic carbocycles. The van der Waals surface area contributed by atoms with Crippen LogP contribution in [0.3, 0.4) is 0 Å². The van der Waals surface area contributed by atoms with E-state index in [1.54, 1.807) is 13.8 Å². The van der Waals surface area contributed by atoms with Crippen LogP contribution in [0.1, 0.15) is 33.1 Å². The maximum Gasteiger partial charge on any atom is 0.404 e. The first kappa shape index (κ1) is 18.2. The van der Waals surface area contributed by atoms with E-state index in [-0.39, 0.29) is 19.2 Å². The molecule has 0 saturated carbocycles. The van der Waals surface area contributed by atoms with Crippen LogP contribution < -0.4 is 0 Å². The third-order valence-electron chi connectivity index (χ3n) is 3.11. The summed E-state index contributed by atoms with van der Waals surface area (Å²) in [6.07, 6.45) is -4.43. The lowest BCUT2D eigenvalue weighted by Gasteiger charge is -2.37. The monoisotopic (exact) mass is 285 g/mol. The molecular weight excluding hydrogens is 263 g/mol. The molecule has 1 atom stereocenters. The van der Waals surface area contributed by atoms with Crippen molar-refractivity contribution in [3.05, 3.63) is 0 Å². The molecule has 0 aliphatic heterocycles. The fourth-order valence-electron chi connectivity index (χ4n) is 2.13. The minimum absolute atomic E-state index is 0.0697. The van der Waals surface area contributed by atoms with Gasteiger partial charge >= 0.3 is 12.1 Å². The average molecular weight is 285 g/mol. The molecule has 0 aromatic rings. The summed E-state index contributed by atoms with van der Waals surface area (Å²) < 4.78 is 44.0. The summed E-state index contributed by atoms with van der Waals surface area (Å²) in [6, 6.07) is -2.27. The summed E-state index contributed by atoms with van der Waals surface area (Å²) in [5.41, 5.74) is 0. The molecule has 114 valence electrons. The molecular formula is C12H22F3NO3. The fourth-order valence-corrected chi connectivity index (χ4v) is 2.13. The third kappa shape index (κ3) is 6.24. The molecule has 1 unspecified atom stereocenters. The number of ether oxygens (including phenoxy) is 1. The van der Waals surface area contributed by atoms with E-state index in [1.807, 2.05) is 0 Å². The summed E-state index contributed by atoms with van der Waals surface area (Å²) in [5, 5.41) is 8.69. The molecule has 0 heterocycles. The first-order chi connectivity index (χ1) is 8.77. The van der Waals surface area contributed by atoms with Crippen LogP contribution in [0.5, 0.6) is 0 Å². The Labute approximate surface area is 111 Å². The molecule has 0 bridgehead atoms. The number of hydrogen-bond acceptors (Lipinski definition) is 3. The van der Waals surface area contributed by atoms with Gasteiger partial charge in [0.25, 0.3) is 0 Å². The van der Waals surface area contributed by atoms with Gasteiger partial charge in [0.1, 0.15) is 6.04 Å². The zero-order valence-corrected chi connectivity index (χ0v) is 11.5. The summed E-state index contributed by atoms with van der Waals surface area (Å²) in [5.74, 6) is -1.45. The van der Waals surface area contributed by atoms with Crippen molar-refractivity contribution < 1.29 is 27.8 Å². The standard InChI is InChI=1S/C12H22F3NO3/c1-4-9(5-2)16(6-7-19-3)10(8-11(17)18)12(13,14)15/h9-10H,4-8H2,1-3H3,(H,17,18). The van der Waals surface area contributed by atoms with Gasteiger partial charge in [0, 0.05) is 19.7 Å². The maximum absolute atomic E-state index is 13.0. The maximum atomic E-state index is 13.0. The van der Waals surface area contributed by atoms with Gasteiger partial charge in [-0.2, -0.15) is 13.2 Å². The smallest absolute Gasteiger partial charge is 0.404 e. The predicted octanol–water partition coefficient (Wildman–Crippen LogP) is 2.53. The first-order valence-electron chi connectivity index (χ1n) is 6.31. The number of carboxylic acid groups (broad SMARTS) is 1. The molecule has 0 rings (SSSR count). The summed E-state index contributed by atoms with van der Waals surface area (Å²) >= 11 is 0. The normalized spacial score (nSPS) is 14.1. The molecule has 1 N–H and O–H groups in total. The Hall–Kier alpha value is -0.820. The van der Waals surface area contributed by atoms with E-state index in [0.717, 1.165) is 0 Å². The number of alkyl halides is 3. The summed E-state index contributed by atoms with van der Waals surface area (Å²) in [6.45, 7) is 3.80. The summed E-state index contributed by atoms with van der Waals surface area (Å²) in [7, 11) is 1.41. The van der Waals surface area contributed by atoms with Crippen molar-refractivity contribution in [2.75, 3.05) is 20.3 Å². The van der Waals surface area contributed by atoms with Crippen LogP contribution in [0.15, 0.2) is 0 Å². The van der Waals surface area contributed by atoms with Gasteiger partial charge in [-0.15, -0.1) is 0 Å². The number of aliphatic carboxylic acids is 1. The molecule has 0 amide bonds. The van der Waals surface area contributed by atoms with Crippen LogP contribution in [0.25, 0.3) is 0 Å². The van der Waals surface area contributed by atoms with Gasteiger partial charge in [0.2, 0.25) is 0 Å². The fraction of sp³-hybridized carbons (Fsp3) is 0.917. The van der Waals surface area contributed by atoms with Gasteiger partial charge < -0.3 is 9.84 Å². The van der Waals surface area contributed by atoms with Crippen LogP contribution in [-0.2, 0) is 9.53 Å². The van der Waals surface area contributed by atoms with E-state index < -0.39 is 24.6 Å². The lowest BCUT2D eigenvalue weighted by atomic mass is 10.0. The van der Waals surface area contributed by atoms with Crippen LogP contribution in [0.2, 0.25) is 0 Å². The topological polar surface area (TPSA) is 49.8 Å². The Morgan fingerprint density at radius 1 is 1.32 bits per heavy atom. The first-order valence-corrected chi connectivity index (χ1v) is 6.31. The van der Waals surface area contributed by atoms with E-state index in [9.17, 15) is 18.0 Å². The Morgan fingerprint density at radius 2 is 1.84 bits per heavy atom. The minimum Gasteiger partial charge on any atom is -0.481 e. The molecule has 0 aliphatic carbocycles. The van der Waals surface area contributed by atoms with E-state index in [1.165, 1.54) is 12.0 Å². The van der Waals surface area contributed by atoms with Gasteiger partial charge in [0.05, 0.1) is 13.0 Å². The van der Waals surface area contributed by atoms with E-state index in [0.29, 0.717) is 12.8 Å². The Morgan fingerprint density at radius 3 is 2.16 bits per heavy atom. The van der Waals surface area contributed by atoms with Crippen molar-refractivity contribution in [3.63, 3.8) is 0 Å². The van der Waals surface area contributed by atoms with Gasteiger partial charge in [0.15, 0.2) is 0 Å². The lowest BCUT2D eigenvalue weighted by Crippen LogP contribution is -2.52. The predicted molar refractivity (Wildman–Crippen MR) is 65.0 cm³/mol. The zero-order valence-electron chi connectivity index (χ0n) is 11.5. The van der Waals surface area contributed by atoms with E-state index in [4.69, 9.17) is 9.84 Å². The highest BCUT2D eigenvalue weighted by atomic mass is 19.4. The SMILES string of the molecule is CCC(CC)N(CCOC)C(CC(=O)O)C(F)(F)F. The number of carbonyl (C=O) groups is 1. The number of halogens is 3. The van der Waals surface area contributed by atoms with Crippen molar-refractivity contribution >= 4 is 5.97 Å². The van der Waals surface area contributed by atoms with Crippen LogP contribution in [-0.4, -0.2) is 54.5 Å². The molecule has 0 saturated heterocycles. The second-order valence-electron chi connectivity index (χ2n) is 4.36. The van der Waals surface area contributed by atoms with Gasteiger partial charge in [-0.25, -0.2) is 0 Å². The minimum atomic E-state index is -4.56. The quantitative estimate of drug-likeness (QED) is 0.707. The van der Waals surface area contributed by atoms with Gasteiger partial charge in [-0.1, -0.05) is 13.8 Å². The second kappa shape index (κ2) is 8.37. The third-order valence-corrected chi connectivity index (χ3v) is 3.11. The second-order valence-corrected chi connectivity index (χ2v) is 4.36. The lowest BCUT2D eigenvalue weighted by molar-refractivity contribution is -0.197. The van der Waals surface area contributed by atoms with Crippen molar-refractivity contribution in [1.82, 2.24) is 4.90 Å². The highest BCUT2D eigenvalue weighted by molar-refractivity contribution is 5.67. The Kier molecular flexibility index (Phi) is 8.01. The van der Waals surface area contributed by atoms with Crippen LogP contribution in [0, 0.1) is 0 Å². The molecule has 0 spiro atoms. The van der Waals surface area contributed by atoms with Gasteiger partial charge in [-0.3, -0.25) is 9.69 Å². The van der Waals surface area contributed by atoms with E-state index >= 15 is 0 Å². The van der Waals surface area contributed by atoms with Gasteiger partial charge in [-0.05, 0) is 12.8 Å². The van der Waals surface area contributed by atoms with E-state index in [2.05, 4.69) is 0 Å². The largest absolute Gasteiger partial charge is 0.481 e. The number of hydrogen-bond donors (Lipinski definition) is 1.